The van der Waals surface area contributed by atoms with Gasteiger partial charge in [-0.05, 0) is 48.9 Å². The van der Waals surface area contributed by atoms with E-state index in [0.717, 1.165) is 26.9 Å². The van der Waals surface area contributed by atoms with E-state index in [1.54, 1.807) is 12.1 Å². The predicted molar refractivity (Wildman–Crippen MR) is 107 cm³/mol. The van der Waals surface area contributed by atoms with Crippen LogP contribution < -0.4 is 5.32 Å². The summed E-state index contributed by atoms with van der Waals surface area (Å²) in [4.78, 5) is 17.5. The number of carbonyl (C=O) groups is 1. The third kappa shape index (κ3) is 3.13. The molecule has 4 aromatic rings. The summed E-state index contributed by atoms with van der Waals surface area (Å²) in [6.07, 6.45) is 1.93. The van der Waals surface area contributed by atoms with Crippen molar-refractivity contribution in [2.45, 2.75) is 6.92 Å². The van der Waals surface area contributed by atoms with E-state index in [9.17, 15) is 4.79 Å². The van der Waals surface area contributed by atoms with E-state index in [4.69, 9.17) is 4.98 Å². The van der Waals surface area contributed by atoms with Gasteiger partial charge in [-0.25, -0.2) is 4.98 Å². The molecule has 128 valence electrons. The monoisotopic (exact) mass is 405 g/mol. The first-order valence-electron chi connectivity index (χ1n) is 8.23. The number of pyridine rings is 1. The third-order valence-electron chi connectivity index (χ3n) is 4.17. The van der Waals surface area contributed by atoms with Crippen LogP contribution in [-0.4, -0.2) is 15.3 Å². The molecule has 4 nitrogen and oxygen atoms in total. The first kappa shape index (κ1) is 16.5. The second-order valence-corrected chi connectivity index (χ2v) is 6.98. The van der Waals surface area contributed by atoms with Gasteiger partial charge in [0.1, 0.15) is 17.2 Å². The van der Waals surface area contributed by atoms with Gasteiger partial charge in [0, 0.05) is 21.8 Å². The second kappa shape index (κ2) is 6.77. The molecule has 0 aliphatic heterocycles. The molecule has 2 aromatic heterocycles. The fourth-order valence-electron chi connectivity index (χ4n) is 2.84. The molecule has 26 heavy (non-hydrogen) atoms. The molecule has 0 aliphatic carbocycles. The number of fused-ring (bicyclic) bond motifs is 1. The van der Waals surface area contributed by atoms with Crippen molar-refractivity contribution in [3.8, 4) is 11.3 Å². The van der Waals surface area contributed by atoms with Crippen molar-refractivity contribution in [1.82, 2.24) is 9.38 Å². The molecule has 0 radical (unpaired) electrons. The smallest absolute Gasteiger partial charge is 0.256 e. The maximum Gasteiger partial charge on any atom is 0.256 e. The average Bonchev–Trinajstić information content (AvgIpc) is 3.00. The van der Waals surface area contributed by atoms with E-state index in [1.807, 2.05) is 72.1 Å². The second-order valence-electron chi connectivity index (χ2n) is 6.07. The van der Waals surface area contributed by atoms with Crippen LogP contribution in [0.2, 0.25) is 0 Å². The zero-order chi connectivity index (χ0) is 18.1. The lowest BCUT2D eigenvalue weighted by molar-refractivity contribution is 0.102. The van der Waals surface area contributed by atoms with Crippen molar-refractivity contribution in [2.75, 3.05) is 5.32 Å². The molecule has 0 unspecified atom stereocenters. The summed E-state index contributed by atoms with van der Waals surface area (Å²) in [5, 5.41) is 3.03. The number of hydrogen-bond acceptors (Lipinski definition) is 2. The normalized spacial score (nSPS) is 10.8. The highest BCUT2D eigenvalue weighted by Crippen LogP contribution is 2.29. The van der Waals surface area contributed by atoms with Gasteiger partial charge < -0.3 is 5.32 Å². The fourth-order valence-corrected chi connectivity index (χ4v) is 3.11. The highest BCUT2D eigenvalue weighted by molar-refractivity contribution is 9.10. The number of imidazole rings is 1. The Bertz CT molecular complexity index is 1090. The van der Waals surface area contributed by atoms with Crippen LogP contribution in [0.15, 0.2) is 77.4 Å². The average molecular weight is 406 g/mol. The Morgan fingerprint density at radius 3 is 2.50 bits per heavy atom. The van der Waals surface area contributed by atoms with Crippen LogP contribution in [0.5, 0.6) is 0 Å². The number of hydrogen-bond donors (Lipinski definition) is 1. The number of halogens is 1. The summed E-state index contributed by atoms with van der Waals surface area (Å²) in [6.45, 7) is 2.02. The molecule has 4 rings (SSSR count). The van der Waals surface area contributed by atoms with Gasteiger partial charge in [-0.1, -0.05) is 46.3 Å². The quantitative estimate of drug-likeness (QED) is 0.500. The molecule has 2 aromatic carbocycles. The van der Waals surface area contributed by atoms with E-state index in [-0.39, 0.29) is 5.91 Å². The van der Waals surface area contributed by atoms with Gasteiger partial charge in [0.25, 0.3) is 5.91 Å². The molecule has 0 saturated heterocycles. The van der Waals surface area contributed by atoms with Crippen LogP contribution in [-0.2, 0) is 0 Å². The number of amides is 1. The molecule has 0 saturated carbocycles. The Hall–Kier alpha value is -2.92. The molecule has 1 N–H and O–H groups in total. The molecule has 0 spiro atoms. The van der Waals surface area contributed by atoms with Crippen LogP contribution in [0.4, 0.5) is 5.82 Å². The van der Waals surface area contributed by atoms with E-state index < -0.39 is 0 Å². The van der Waals surface area contributed by atoms with Gasteiger partial charge in [0.05, 0.1) is 0 Å². The topological polar surface area (TPSA) is 46.4 Å². The molecule has 2 heterocycles. The van der Waals surface area contributed by atoms with Crippen molar-refractivity contribution in [3.05, 3.63) is 88.5 Å². The van der Waals surface area contributed by atoms with Gasteiger partial charge >= 0.3 is 0 Å². The molecule has 0 bridgehead atoms. The summed E-state index contributed by atoms with van der Waals surface area (Å²) in [5.74, 6) is 0.496. The highest BCUT2D eigenvalue weighted by atomic mass is 79.9. The number of rotatable bonds is 3. The zero-order valence-corrected chi connectivity index (χ0v) is 15.7. The van der Waals surface area contributed by atoms with Crippen LogP contribution >= 0.6 is 15.9 Å². The maximum absolute atomic E-state index is 12.7. The van der Waals surface area contributed by atoms with E-state index in [1.165, 1.54) is 0 Å². The largest absolute Gasteiger partial charge is 0.306 e. The van der Waals surface area contributed by atoms with Crippen molar-refractivity contribution < 1.29 is 4.79 Å². The van der Waals surface area contributed by atoms with Crippen LogP contribution in [0.3, 0.4) is 0 Å². The highest BCUT2D eigenvalue weighted by Gasteiger charge is 2.17. The summed E-state index contributed by atoms with van der Waals surface area (Å²) in [7, 11) is 0. The summed E-state index contributed by atoms with van der Waals surface area (Å²) >= 11 is 3.39. The molecular weight excluding hydrogens is 390 g/mol. The minimum Gasteiger partial charge on any atom is -0.306 e. The van der Waals surface area contributed by atoms with Gasteiger partial charge in [0.15, 0.2) is 0 Å². The Morgan fingerprint density at radius 2 is 1.77 bits per heavy atom. The number of nitrogens with one attached hydrogen (secondary N) is 1. The Kier molecular flexibility index (Phi) is 4.31. The van der Waals surface area contributed by atoms with Crippen molar-refractivity contribution >= 4 is 33.3 Å². The van der Waals surface area contributed by atoms with Crippen LogP contribution in [0, 0.1) is 6.92 Å². The first-order chi connectivity index (χ1) is 12.6. The number of anilines is 1. The van der Waals surface area contributed by atoms with Crippen molar-refractivity contribution in [3.63, 3.8) is 0 Å². The number of aromatic nitrogens is 2. The standard InChI is InChI=1S/C21H16BrN3O/c1-14-11-12-25-18(13-14)23-19(15-5-3-2-4-6-15)20(25)24-21(26)16-7-9-17(22)10-8-16/h2-13H,1H3,(H,24,26). The van der Waals surface area contributed by atoms with Crippen molar-refractivity contribution in [2.24, 2.45) is 0 Å². The van der Waals surface area contributed by atoms with Crippen LogP contribution in [0.25, 0.3) is 16.9 Å². The molecule has 5 heteroatoms. The summed E-state index contributed by atoms with van der Waals surface area (Å²) in [6, 6.07) is 21.1. The number of carbonyl (C=O) groups excluding carboxylic acids is 1. The van der Waals surface area contributed by atoms with Gasteiger partial charge in [-0.3, -0.25) is 9.20 Å². The Labute approximate surface area is 159 Å². The van der Waals surface area contributed by atoms with E-state index in [0.29, 0.717) is 11.4 Å². The summed E-state index contributed by atoms with van der Waals surface area (Å²) < 4.78 is 2.84. The molecule has 0 atom stereocenters. The van der Waals surface area contributed by atoms with Gasteiger partial charge in [0.2, 0.25) is 0 Å². The molecule has 0 aliphatic rings. The predicted octanol–water partition coefficient (Wildman–Crippen LogP) is 5.32. The van der Waals surface area contributed by atoms with Crippen molar-refractivity contribution in [1.29, 1.82) is 0 Å². The Balaban J connectivity index is 1.82. The van der Waals surface area contributed by atoms with E-state index in [2.05, 4.69) is 21.2 Å². The van der Waals surface area contributed by atoms with E-state index >= 15 is 0 Å². The fraction of sp³-hybridized carbons (Fsp3) is 0.0476. The third-order valence-corrected chi connectivity index (χ3v) is 4.70. The lowest BCUT2D eigenvalue weighted by Gasteiger charge is -2.08. The lowest BCUT2D eigenvalue weighted by Crippen LogP contribution is -2.14. The van der Waals surface area contributed by atoms with Crippen LogP contribution in [0.1, 0.15) is 15.9 Å². The van der Waals surface area contributed by atoms with Gasteiger partial charge in [-0.2, -0.15) is 0 Å². The molecular formula is C21H16BrN3O. The first-order valence-corrected chi connectivity index (χ1v) is 9.02. The molecule has 1 amide bonds. The maximum atomic E-state index is 12.7. The number of aryl methyl sites for hydroxylation is 1. The minimum absolute atomic E-state index is 0.169. The number of benzene rings is 2. The SMILES string of the molecule is Cc1ccn2c(NC(=O)c3ccc(Br)cc3)c(-c3ccccc3)nc2c1. The zero-order valence-electron chi connectivity index (χ0n) is 14.1. The summed E-state index contributed by atoms with van der Waals surface area (Å²) in [5.41, 5.74) is 4.22. The lowest BCUT2D eigenvalue weighted by atomic mass is 10.1. The number of nitrogens with zero attached hydrogens (tertiary/aromatic N) is 2. The Morgan fingerprint density at radius 1 is 1.04 bits per heavy atom. The van der Waals surface area contributed by atoms with Gasteiger partial charge in [-0.15, -0.1) is 0 Å². The minimum atomic E-state index is -0.169. The molecule has 0 fully saturated rings.